The van der Waals surface area contributed by atoms with Crippen LogP contribution in [-0.4, -0.2) is 12.6 Å². The van der Waals surface area contributed by atoms with Crippen molar-refractivity contribution >= 4 is 35.2 Å². The second kappa shape index (κ2) is 5.79. The van der Waals surface area contributed by atoms with Gasteiger partial charge in [0.2, 0.25) is 0 Å². The molecule has 0 heterocycles. The highest BCUT2D eigenvalue weighted by Crippen LogP contribution is 2.25. The summed E-state index contributed by atoms with van der Waals surface area (Å²) in [6.07, 6.45) is 2.85. The third-order valence-electron chi connectivity index (χ3n) is 1.67. The second-order valence-corrected chi connectivity index (χ2v) is 3.54. The Morgan fingerprint density at radius 3 is 2.53 bits per heavy atom. The van der Waals surface area contributed by atoms with E-state index in [4.69, 9.17) is 27.9 Å². The SMILES string of the molecule is CCOC(=O)/C=C/c1c(Cl)cccc1Cl. The van der Waals surface area contributed by atoms with Gasteiger partial charge in [-0.3, -0.25) is 0 Å². The zero-order chi connectivity index (χ0) is 11.3. The topological polar surface area (TPSA) is 26.3 Å². The van der Waals surface area contributed by atoms with Crippen LogP contribution in [0.15, 0.2) is 24.3 Å². The van der Waals surface area contributed by atoms with Crippen LogP contribution in [0.4, 0.5) is 0 Å². The van der Waals surface area contributed by atoms with Gasteiger partial charge in [-0.05, 0) is 25.1 Å². The van der Waals surface area contributed by atoms with Crippen molar-refractivity contribution in [1.29, 1.82) is 0 Å². The molecule has 2 nitrogen and oxygen atoms in total. The second-order valence-electron chi connectivity index (χ2n) is 2.72. The number of carbonyl (C=O) groups is 1. The predicted octanol–water partition coefficient (Wildman–Crippen LogP) is 3.57. The molecule has 1 aromatic carbocycles. The lowest BCUT2D eigenvalue weighted by Crippen LogP contribution is -1.98. The van der Waals surface area contributed by atoms with Crippen molar-refractivity contribution in [1.82, 2.24) is 0 Å². The first-order valence-corrected chi connectivity index (χ1v) is 5.19. The fourth-order valence-corrected chi connectivity index (χ4v) is 1.54. The molecular weight excluding hydrogens is 235 g/mol. The largest absolute Gasteiger partial charge is 0.463 e. The first-order chi connectivity index (χ1) is 7.15. The lowest BCUT2D eigenvalue weighted by Gasteiger charge is -2.00. The summed E-state index contributed by atoms with van der Waals surface area (Å²) in [5, 5.41) is 1.01. The van der Waals surface area contributed by atoms with Crippen LogP contribution in [-0.2, 0) is 9.53 Å². The molecule has 4 heteroatoms. The third kappa shape index (κ3) is 3.57. The summed E-state index contributed by atoms with van der Waals surface area (Å²) in [5.74, 6) is -0.409. The summed E-state index contributed by atoms with van der Waals surface area (Å²) >= 11 is 11.8. The minimum atomic E-state index is -0.409. The Morgan fingerprint density at radius 2 is 2.00 bits per heavy atom. The third-order valence-corrected chi connectivity index (χ3v) is 2.33. The van der Waals surface area contributed by atoms with Crippen molar-refractivity contribution in [3.8, 4) is 0 Å². The van der Waals surface area contributed by atoms with Crippen LogP contribution >= 0.6 is 23.2 Å². The van der Waals surface area contributed by atoms with E-state index in [1.165, 1.54) is 6.08 Å². The quantitative estimate of drug-likeness (QED) is 0.601. The van der Waals surface area contributed by atoms with Gasteiger partial charge in [0.25, 0.3) is 0 Å². The Bertz CT molecular complexity index is 366. The summed E-state index contributed by atoms with van der Waals surface area (Å²) in [7, 11) is 0. The zero-order valence-electron chi connectivity index (χ0n) is 8.17. The van der Waals surface area contributed by atoms with Crippen LogP contribution < -0.4 is 0 Å². The molecular formula is C11H10Cl2O2. The molecule has 0 radical (unpaired) electrons. The fraction of sp³-hybridized carbons (Fsp3) is 0.182. The van der Waals surface area contributed by atoms with E-state index in [0.29, 0.717) is 22.2 Å². The van der Waals surface area contributed by atoms with Crippen molar-refractivity contribution in [3.05, 3.63) is 39.9 Å². The van der Waals surface area contributed by atoms with Gasteiger partial charge in [-0.1, -0.05) is 29.3 Å². The van der Waals surface area contributed by atoms with Gasteiger partial charge in [-0.25, -0.2) is 4.79 Å². The predicted molar refractivity (Wildman–Crippen MR) is 62.1 cm³/mol. The maximum atomic E-state index is 11.0. The zero-order valence-corrected chi connectivity index (χ0v) is 9.68. The van der Waals surface area contributed by atoms with E-state index in [0.717, 1.165) is 0 Å². The van der Waals surface area contributed by atoms with Gasteiger partial charge in [0.05, 0.1) is 6.61 Å². The van der Waals surface area contributed by atoms with Crippen molar-refractivity contribution in [2.45, 2.75) is 6.92 Å². The van der Waals surface area contributed by atoms with Crippen molar-refractivity contribution in [2.75, 3.05) is 6.61 Å². The molecule has 0 bridgehead atoms. The molecule has 80 valence electrons. The van der Waals surface area contributed by atoms with Crippen molar-refractivity contribution in [3.63, 3.8) is 0 Å². The molecule has 0 aliphatic rings. The highest BCUT2D eigenvalue weighted by atomic mass is 35.5. The lowest BCUT2D eigenvalue weighted by molar-refractivity contribution is -0.137. The Kier molecular flexibility index (Phi) is 4.66. The van der Waals surface area contributed by atoms with E-state index >= 15 is 0 Å². The molecule has 0 aromatic heterocycles. The van der Waals surface area contributed by atoms with Crippen LogP contribution in [0.2, 0.25) is 10.0 Å². The van der Waals surface area contributed by atoms with E-state index in [2.05, 4.69) is 0 Å². The summed E-state index contributed by atoms with van der Waals surface area (Å²) in [5.41, 5.74) is 0.619. The lowest BCUT2D eigenvalue weighted by atomic mass is 10.2. The van der Waals surface area contributed by atoms with Crippen molar-refractivity contribution in [2.24, 2.45) is 0 Å². The van der Waals surface area contributed by atoms with Gasteiger partial charge in [-0.15, -0.1) is 0 Å². The van der Waals surface area contributed by atoms with Crippen LogP contribution in [0.3, 0.4) is 0 Å². The highest BCUT2D eigenvalue weighted by Gasteiger charge is 2.02. The molecule has 0 fully saturated rings. The molecule has 0 saturated heterocycles. The van der Waals surface area contributed by atoms with Crippen LogP contribution in [0.25, 0.3) is 6.08 Å². The van der Waals surface area contributed by atoms with Gasteiger partial charge in [0.1, 0.15) is 0 Å². The molecule has 0 atom stereocenters. The molecule has 0 aliphatic carbocycles. The average molecular weight is 245 g/mol. The smallest absolute Gasteiger partial charge is 0.330 e. The number of halogens is 2. The Morgan fingerprint density at radius 1 is 1.40 bits per heavy atom. The van der Waals surface area contributed by atoms with Crippen molar-refractivity contribution < 1.29 is 9.53 Å². The maximum Gasteiger partial charge on any atom is 0.330 e. The molecule has 0 unspecified atom stereocenters. The molecule has 0 saturated carbocycles. The molecule has 1 rings (SSSR count). The Hall–Kier alpha value is -0.990. The average Bonchev–Trinajstić information content (AvgIpc) is 2.17. The molecule has 1 aromatic rings. The number of benzene rings is 1. The summed E-state index contributed by atoms with van der Waals surface area (Å²) in [6, 6.07) is 5.16. The summed E-state index contributed by atoms with van der Waals surface area (Å²) < 4.78 is 4.73. The molecule has 0 aliphatic heterocycles. The van der Waals surface area contributed by atoms with Gasteiger partial charge >= 0.3 is 5.97 Å². The molecule has 15 heavy (non-hydrogen) atoms. The van der Waals surface area contributed by atoms with Crippen LogP contribution in [0.1, 0.15) is 12.5 Å². The number of ether oxygens (including phenoxy) is 1. The van der Waals surface area contributed by atoms with Crippen LogP contribution in [0, 0.1) is 0 Å². The number of rotatable bonds is 3. The van der Waals surface area contributed by atoms with Gasteiger partial charge in [0, 0.05) is 21.7 Å². The molecule has 0 N–H and O–H groups in total. The highest BCUT2D eigenvalue weighted by molar-refractivity contribution is 6.37. The molecule has 0 amide bonds. The number of hydrogen-bond acceptors (Lipinski definition) is 2. The first kappa shape index (κ1) is 12.1. The standard InChI is InChI=1S/C11H10Cl2O2/c1-2-15-11(14)7-6-8-9(12)4-3-5-10(8)13/h3-7H,2H2,1H3/b7-6+. The van der Waals surface area contributed by atoms with Crippen LogP contribution in [0.5, 0.6) is 0 Å². The fourth-order valence-electron chi connectivity index (χ4n) is 1.01. The number of hydrogen-bond donors (Lipinski definition) is 0. The van der Waals surface area contributed by atoms with E-state index in [9.17, 15) is 4.79 Å². The number of esters is 1. The van der Waals surface area contributed by atoms with E-state index in [1.54, 1.807) is 31.2 Å². The maximum absolute atomic E-state index is 11.0. The van der Waals surface area contributed by atoms with E-state index in [1.807, 2.05) is 0 Å². The van der Waals surface area contributed by atoms with Gasteiger partial charge < -0.3 is 4.74 Å². The normalized spacial score (nSPS) is 10.6. The van der Waals surface area contributed by atoms with E-state index in [-0.39, 0.29) is 0 Å². The summed E-state index contributed by atoms with van der Waals surface area (Å²) in [4.78, 5) is 11.0. The van der Waals surface area contributed by atoms with Gasteiger partial charge in [-0.2, -0.15) is 0 Å². The first-order valence-electron chi connectivity index (χ1n) is 4.44. The molecule has 0 spiro atoms. The number of carbonyl (C=O) groups excluding carboxylic acids is 1. The minimum Gasteiger partial charge on any atom is -0.463 e. The Labute approximate surface area is 98.4 Å². The summed E-state index contributed by atoms with van der Waals surface area (Å²) in [6.45, 7) is 2.09. The minimum absolute atomic E-state index is 0.347. The Balaban J connectivity index is 2.84. The van der Waals surface area contributed by atoms with Gasteiger partial charge in [0.15, 0.2) is 0 Å². The monoisotopic (exact) mass is 244 g/mol. The van der Waals surface area contributed by atoms with E-state index < -0.39 is 5.97 Å².